The molecule has 38 heavy (non-hydrogen) atoms. The zero-order valence-electron chi connectivity index (χ0n) is 21.8. The number of hydroxylamine groups is 1. The van der Waals surface area contributed by atoms with Gasteiger partial charge in [0.2, 0.25) is 0 Å². The summed E-state index contributed by atoms with van der Waals surface area (Å²) in [6, 6.07) is 17.6. The first-order valence-corrected chi connectivity index (χ1v) is 12.2. The van der Waals surface area contributed by atoms with Gasteiger partial charge in [0.15, 0.2) is 11.5 Å². The van der Waals surface area contributed by atoms with E-state index in [1.165, 1.54) is 18.5 Å². The fourth-order valence-electron chi connectivity index (χ4n) is 3.74. The minimum absolute atomic E-state index is 0.279. The molecular weight excluding hydrogens is 485 g/mol. The van der Waals surface area contributed by atoms with E-state index in [9.17, 15) is 4.39 Å². The molecule has 0 aliphatic carbocycles. The molecule has 0 radical (unpaired) electrons. The highest BCUT2D eigenvalue weighted by Crippen LogP contribution is 2.35. The Morgan fingerprint density at radius 3 is 2.47 bits per heavy atom. The van der Waals surface area contributed by atoms with Crippen molar-refractivity contribution in [1.29, 1.82) is 0 Å². The highest BCUT2D eigenvalue weighted by Gasteiger charge is 2.12. The molecule has 0 aliphatic rings. The third-order valence-corrected chi connectivity index (χ3v) is 5.77. The number of anilines is 2. The maximum Gasteiger partial charge on any atom is 0.163 e. The molecule has 0 aliphatic heterocycles. The summed E-state index contributed by atoms with van der Waals surface area (Å²) >= 11 is 0. The summed E-state index contributed by atoms with van der Waals surface area (Å²) in [7, 11) is 5.69. The summed E-state index contributed by atoms with van der Waals surface area (Å²) in [6.07, 6.45) is 2.43. The van der Waals surface area contributed by atoms with Gasteiger partial charge in [-0.15, -0.1) is 0 Å². The summed E-state index contributed by atoms with van der Waals surface area (Å²) < 4.78 is 24.6. The molecule has 3 aromatic carbocycles. The van der Waals surface area contributed by atoms with Gasteiger partial charge >= 0.3 is 0 Å². The van der Waals surface area contributed by atoms with Crippen LogP contribution in [0.5, 0.6) is 11.5 Å². The van der Waals surface area contributed by atoms with Crippen molar-refractivity contribution in [1.82, 2.24) is 20.3 Å². The second-order valence-electron chi connectivity index (χ2n) is 8.95. The van der Waals surface area contributed by atoms with Crippen LogP contribution in [0.25, 0.3) is 16.6 Å². The third-order valence-electron chi connectivity index (χ3n) is 5.77. The Morgan fingerprint density at radius 1 is 1.00 bits per heavy atom. The number of benzene rings is 3. The Balaban J connectivity index is 1.39. The maximum absolute atomic E-state index is 13.0. The molecule has 0 amide bonds. The lowest BCUT2D eigenvalue weighted by molar-refractivity contribution is 0.0648. The topological polar surface area (TPSA) is 80.8 Å². The van der Waals surface area contributed by atoms with Crippen LogP contribution in [-0.4, -0.2) is 49.2 Å². The van der Waals surface area contributed by atoms with Crippen LogP contribution in [0, 0.1) is 5.82 Å². The van der Waals surface area contributed by atoms with Gasteiger partial charge in [-0.05, 0) is 62.0 Å². The monoisotopic (exact) mass is 517 g/mol. The summed E-state index contributed by atoms with van der Waals surface area (Å²) in [5.74, 6) is 1.65. The van der Waals surface area contributed by atoms with Crippen LogP contribution < -0.4 is 20.3 Å². The van der Waals surface area contributed by atoms with E-state index >= 15 is 0 Å². The molecule has 8 nitrogen and oxygen atoms in total. The molecule has 0 saturated carbocycles. The van der Waals surface area contributed by atoms with Gasteiger partial charge in [-0.25, -0.2) is 14.4 Å². The maximum atomic E-state index is 13.0. The average molecular weight is 518 g/mol. The third kappa shape index (κ3) is 7.18. The highest BCUT2D eigenvalue weighted by molar-refractivity contribution is 5.93. The number of nitrogens with one attached hydrogen (secondary N) is 2. The minimum atomic E-state index is -0.279. The first-order chi connectivity index (χ1) is 18.4. The van der Waals surface area contributed by atoms with E-state index < -0.39 is 0 Å². The molecule has 1 aromatic heterocycles. The van der Waals surface area contributed by atoms with Gasteiger partial charge in [0.25, 0.3) is 0 Å². The van der Waals surface area contributed by atoms with Crippen LogP contribution in [0.3, 0.4) is 0 Å². The highest BCUT2D eigenvalue weighted by atomic mass is 19.1. The summed E-state index contributed by atoms with van der Waals surface area (Å²) in [6.45, 7) is 5.83. The van der Waals surface area contributed by atoms with Crippen LogP contribution in [0.2, 0.25) is 0 Å². The lowest BCUT2D eigenvalue weighted by atomic mass is 10.1. The number of ether oxygens (including phenoxy) is 2. The van der Waals surface area contributed by atoms with Gasteiger partial charge < -0.3 is 19.7 Å². The molecule has 0 atom stereocenters. The van der Waals surface area contributed by atoms with Crippen molar-refractivity contribution in [3.05, 3.63) is 90.5 Å². The Bertz CT molecular complexity index is 1360. The SMILES string of the molecule is C=C(NOCc1ccc(F)cc1)c1ccc(Nc2ncnc3cc(OCCCN(C)C)c(OC)cc23)cc1. The first kappa shape index (κ1) is 26.8. The minimum Gasteiger partial charge on any atom is -0.493 e. The zero-order chi connectivity index (χ0) is 26.9. The number of rotatable bonds is 13. The Hall–Kier alpha value is -4.21. The molecule has 2 N–H and O–H groups in total. The average Bonchev–Trinajstić information content (AvgIpc) is 2.92. The quantitative estimate of drug-likeness (QED) is 0.177. The number of hydrogen-bond acceptors (Lipinski definition) is 8. The van der Waals surface area contributed by atoms with Gasteiger partial charge in [-0.3, -0.25) is 10.3 Å². The zero-order valence-corrected chi connectivity index (χ0v) is 21.8. The number of methoxy groups -OCH3 is 1. The van der Waals surface area contributed by atoms with Crippen LogP contribution in [0.4, 0.5) is 15.9 Å². The molecular formula is C29H32FN5O3. The molecule has 0 bridgehead atoms. The smallest absolute Gasteiger partial charge is 0.163 e. The van der Waals surface area contributed by atoms with Crippen LogP contribution in [0.15, 0.2) is 73.6 Å². The van der Waals surface area contributed by atoms with Gasteiger partial charge in [-0.2, -0.15) is 0 Å². The van der Waals surface area contributed by atoms with Crippen molar-refractivity contribution in [2.45, 2.75) is 13.0 Å². The fourth-order valence-corrected chi connectivity index (χ4v) is 3.74. The van der Waals surface area contributed by atoms with Gasteiger partial charge in [0.05, 0.1) is 31.5 Å². The van der Waals surface area contributed by atoms with E-state index in [0.717, 1.165) is 40.7 Å². The van der Waals surface area contributed by atoms with E-state index in [2.05, 4.69) is 32.2 Å². The molecule has 4 aromatic rings. The van der Waals surface area contributed by atoms with Crippen molar-refractivity contribution >= 4 is 28.1 Å². The molecule has 4 rings (SSSR count). The number of nitrogens with zero attached hydrogens (tertiary/aromatic N) is 3. The number of halogens is 1. The molecule has 0 saturated heterocycles. The largest absolute Gasteiger partial charge is 0.493 e. The van der Waals surface area contributed by atoms with Crippen molar-refractivity contribution < 1.29 is 18.7 Å². The Morgan fingerprint density at radius 2 is 1.76 bits per heavy atom. The van der Waals surface area contributed by atoms with E-state index in [-0.39, 0.29) is 12.4 Å². The summed E-state index contributed by atoms with van der Waals surface area (Å²) in [5, 5.41) is 4.17. The Kier molecular flexibility index (Phi) is 9.07. The summed E-state index contributed by atoms with van der Waals surface area (Å²) in [4.78, 5) is 16.5. The Labute approximate surface area is 222 Å². The summed E-state index contributed by atoms with van der Waals surface area (Å²) in [5.41, 5.74) is 6.75. The van der Waals surface area contributed by atoms with Crippen molar-refractivity contribution in [2.75, 3.05) is 39.7 Å². The van der Waals surface area contributed by atoms with Gasteiger partial charge in [0, 0.05) is 23.7 Å². The number of fused-ring (bicyclic) bond motifs is 1. The van der Waals surface area contributed by atoms with Gasteiger partial charge in [-0.1, -0.05) is 30.8 Å². The van der Waals surface area contributed by atoms with Crippen molar-refractivity contribution in [2.24, 2.45) is 0 Å². The second kappa shape index (κ2) is 12.8. The van der Waals surface area contributed by atoms with Crippen LogP contribution in [-0.2, 0) is 11.4 Å². The van der Waals surface area contributed by atoms with E-state index in [1.54, 1.807) is 19.2 Å². The van der Waals surface area contributed by atoms with E-state index in [1.807, 2.05) is 50.5 Å². The number of aromatic nitrogens is 2. The fraction of sp³-hybridized carbons (Fsp3) is 0.241. The standard InChI is InChI=1S/C29H32FN5O3/c1-20(34-38-18-21-6-10-23(30)11-7-21)22-8-12-24(13-9-22)33-29-25-16-27(36-4)28(17-26(25)31-19-32-29)37-15-5-14-35(2)3/h6-13,16-17,19,34H,1,5,14-15,18H2,2-4H3,(H,31,32,33). The lowest BCUT2D eigenvalue weighted by Gasteiger charge is -2.15. The molecule has 198 valence electrons. The normalized spacial score (nSPS) is 11.0. The second-order valence-corrected chi connectivity index (χ2v) is 8.95. The lowest BCUT2D eigenvalue weighted by Crippen LogP contribution is -2.15. The van der Waals surface area contributed by atoms with E-state index in [0.29, 0.717) is 29.6 Å². The van der Waals surface area contributed by atoms with Crippen molar-refractivity contribution in [3.63, 3.8) is 0 Å². The molecule has 1 heterocycles. The predicted octanol–water partition coefficient (Wildman–Crippen LogP) is 5.54. The van der Waals surface area contributed by atoms with Crippen LogP contribution in [0.1, 0.15) is 17.5 Å². The molecule has 0 fully saturated rings. The van der Waals surface area contributed by atoms with E-state index in [4.69, 9.17) is 14.3 Å². The van der Waals surface area contributed by atoms with Crippen LogP contribution >= 0.6 is 0 Å². The predicted molar refractivity (Wildman–Crippen MR) is 148 cm³/mol. The number of hydrogen-bond donors (Lipinski definition) is 2. The molecule has 0 unspecified atom stereocenters. The van der Waals surface area contributed by atoms with Crippen molar-refractivity contribution in [3.8, 4) is 11.5 Å². The first-order valence-electron chi connectivity index (χ1n) is 12.2. The molecule has 0 spiro atoms. The van der Waals surface area contributed by atoms with Gasteiger partial charge in [0.1, 0.15) is 18.0 Å². The molecule has 9 heteroatoms.